The molecule has 0 heterocycles. The molecular formula is C22H29N. The summed E-state index contributed by atoms with van der Waals surface area (Å²) in [5.41, 5.74) is 5.43. The van der Waals surface area contributed by atoms with E-state index in [0.29, 0.717) is 0 Å². The Labute approximate surface area is 141 Å². The molecule has 0 bridgehead atoms. The van der Waals surface area contributed by atoms with Crippen molar-refractivity contribution in [3.05, 3.63) is 77.9 Å². The van der Waals surface area contributed by atoms with Gasteiger partial charge in [0.05, 0.1) is 0 Å². The summed E-state index contributed by atoms with van der Waals surface area (Å²) >= 11 is 0. The van der Waals surface area contributed by atoms with Gasteiger partial charge in [-0.3, -0.25) is 0 Å². The van der Waals surface area contributed by atoms with E-state index in [-0.39, 0.29) is 5.41 Å². The largest absolute Gasteiger partial charge is 0.313 e. The Hall–Kier alpha value is -1.86. The first kappa shape index (κ1) is 17.5. The SMILES string of the molecule is C=C(CNCCCc1ccc(C(C)(C)C)cc1)c1ccccc1. The van der Waals surface area contributed by atoms with Gasteiger partial charge in [-0.1, -0.05) is 81.9 Å². The average molecular weight is 307 g/mol. The van der Waals surface area contributed by atoms with Crippen LogP contribution < -0.4 is 5.32 Å². The summed E-state index contributed by atoms with van der Waals surface area (Å²) in [6, 6.07) is 19.4. The lowest BCUT2D eigenvalue weighted by Gasteiger charge is -2.19. The third-order valence-corrected chi connectivity index (χ3v) is 4.16. The quantitative estimate of drug-likeness (QED) is 0.692. The van der Waals surface area contributed by atoms with Crippen molar-refractivity contribution in [1.29, 1.82) is 0 Å². The molecular weight excluding hydrogens is 278 g/mol. The van der Waals surface area contributed by atoms with Crippen LogP contribution in [0.15, 0.2) is 61.2 Å². The van der Waals surface area contributed by atoms with Crippen LogP contribution in [0.3, 0.4) is 0 Å². The summed E-state index contributed by atoms with van der Waals surface area (Å²) in [7, 11) is 0. The van der Waals surface area contributed by atoms with Gasteiger partial charge in [-0.05, 0) is 47.1 Å². The van der Waals surface area contributed by atoms with Gasteiger partial charge in [-0.25, -0.2) is 0 Å². The molecule has 2 aromatic rings. The van der Waals surface area contributed by atoms with Gasteiger partial charge in [0.25, 0.3) is 0 Å². The summed E-state index contributed by atoms with van der Waals surface area (Å²) < 4.78 is 0. The smallest absolute Gasteiger partial charge is 0.0205 e. The zero-order chi connectivity index (χ0) is 16.7. The normalized spacial score (nSPS) is 11.4. The van der Waals surface area contributed by atoms with E-state index < -0.39 is 0 Å². The predicted octanol–water partition coefficient (Wildman–Crippen LogP) is 5.22. The minimum absolute atomic E-state index is 0.234. The molecule has 0 aliphatic rings. The fourth-order valence-corrected chi connectivity index (χ4v) is 2.60. The number of hydrogen-bond acceptors (Lipinski definition) is 1. The number of hydrogen-bond donors (Lipinski definition) is 1. The van der Waals surface area contributed by atoms with Crippen molar-refractivity contribution >= 4 is 5.57 Å². The number of rotatable bonds is 7. The highest BCUT2D eigenvalue weighted by Gasteiger charge is 2.12. The van der Waals surface area contributed by atoms with E-state index in [0.717, 1.165) is 31.5 Å². The third kappa shape index (κ3) is 5.69. The van der Waals surface area contributed by atoms with Crippen molar-refractivity contribution in [3.8, 4) is 0 Å². The number of nitrogens with one attached hydrogen (secondary N) is 1. The fraction of sp³-hybridized carbons (Fsp3) is 0.364. The van der Waals surface area contributed by atoms with Crippen molar-refractivity contribution in [3.63, 3.8) is 0 Å². The number of aryl methyl sites for hydroxylation is 1. The Balaban J connectivity index is 1.69. The Morgan fingerprint density at radius 3 is 2.22 bits per heavy atom. The molecule has 0 spiro atoms. The molecule has 1 N–H and O–H groups in total. The van der Waals surface area contributed by atoms with Crippen LogP contribution in [0.1, 0.15) is 43.9 Å². The molecule has 0 atom stereocenters. The summed E-state index contributed by atoms with van der Waals surface area (Å²) in [5, 5.41) is 3.49. The van der Waals surface area contributed by atoms with Gasteiger partial charge < -0.3 is 5.32 Å². The maximum atomic E-state index is 4.15. The molecule has 0 saturated heterocycles. The van der Waals surface area contributed by atoms with E-state index in [2.05, 4.69) is 81.2 Å². The van der Waals surface area contributed by atoms with E-state index in [4.69, 9.17) is 0 Å². The van der Waals surface area contributed by atoms with E-state index in [1.807, 2.05) is 6.07 Å². The Morgan fingerprint density at radius 2 is 1.61 bits per heavy atom. The van der Waals surface area contributed by atoms with Crippen LogP contribution in [0.25, 0.3) is 5.57 Å². The molecule has 0 radical (unpaired) electrons. The third-order valence-electron chi connectivity index (χ3n) is 4.16. The van der Waals surface area contributed by atoms with Gasteiger partial charge in [-0.2, -0.15) is 0 Å². The molecule has 0 unspecified atom stereocenters. The summed E-state index contributed by atoms with van der Waals surface area (Å²) in [5.74, 6) is 0. The first-order valence-electron chi connectivity index (χ1n) is 8.50. The highest BCUT2D eigenvalue weighted by molar-refractivity contribution is 5.64. The van der Waals surface area contributed by atoms with Crippen molar-refractivity contribution in [1.82, 2.24) is 5.32 Å². The molecule has 0 amide bonds. The fourth-order valence-electron chi connectivity index (χ4n) is 2.60. The molecule has 0 aliphatic carbocycles. The molecule has 2 aromatic carbocycles. The lowest BCUT2D eigenvalue weighted by Crippen LogP contribution is -2.18. The summed E-state index contributed by atoms with van der Waals surface area (Å²) in [6.07, 6.45) is 2.27. The van der Waals surface area contributed by atoms with Crippen molar-refractivity contribution in [2.75, 3.05) is 13.1 Å². The predicted molar refractivity (Wildman–Crippen MR) is 102 cm³/mol. The molecule has 23 heavy (non-hydrogen) atoms. The van der Waals surface area contributed by atoms with Crippen LogP contribution in [0.2, 0.25) is 0 Å². The molecule has 0 saturated carbocycles. The van der Waals surface area contributed by atoms with Gasteiger partial charge in [0.2, 0.25) is 0 Å². The molecule has 0 fully saturated rings. The Bertz CT molecular complexity index is 603. The van der Waals surface area contributed by atoms with Crippen LogP contribution in [-0.4, -0.2) is 13.1 Å². The highest BCUT2D eigenvalue weighted by atomic mass is 14.8. The molecule has 2 rings (SSSR count). The number of benzene rings is 2. The van der Waals surface area contributed by atoms with E-state index in [1.165, 1.54) is 16.7 Å². The van der Waals surface area contributed by atoms with Crippen molar-refractivity contribution in [2.24, 2.45) is 0 Å². The summed E-state index contributed by atoms with van der Waals surface area (Å²) in [4.78, 5) is 0. The maximum Gasteiger partial charge on any atom is 0.0205 e. The minimum atomic E-state index is 0.234. The van der Waals surface area contributed by atoms with Crippen LogP contribution in [0.5, 0.6) is 0 Å². The molecule has 122 valence electrons. The van der Waals surface area contributed by atoms with E-state index in [1.54, 1.807) is 0 Å². The lowest BCUT2D eigenvalue weighted by molar-refractivity contribution is 0.589. The van der Waals surface area contributed by atoms with E-state index in [9.17, 15) is 0 Å². The highest BCUT2D eigenvalue weighted by Crippen LogP contribution is 2.22. The lowest BCUT2D eigenvalue weighted by atomic mass is 9.86. The second-order valence-corrected chi connectivity index (χ2v) is 7.20. The van der Waals surface area contributed by atoms with Gasteiger partial charge >= 0.3 is 0 Å². The van der Waals surface area contributed by atoms with Crippen molar-refractivity contribution < 1.29 is 0 Å². The minimum Gasteiger partial charge on any atom is -0.313 e. The van der Waals surface area contributed by atoms with Gasteiger partial charge in [-0.15, -0.1) is 0 Å². The average Bonchev–Trinajstić information content (AvgIpc) is 2.55. The first-order valence-corrected chi connectivity index (χ1v) is 8.50. The van der Waals surface area contributed by atoms with Gasteiger partial charge in [0.15, 0.2) is 0 Å². The summed E-state index contributed by atoms with van der Waals surface area (Å²) in [6.45, 7) is 12.8. The second kappa shape index (κ2) is 8.12. The van der Waals surface area contributed by atoms with Crippen molar-refractivity contribution in [2.45, 2.75) is 39.0 Å². The monoisotopic (exact) mass is 307 g/mol. The van der Waals surface area contributed by atoms with Crippen LogP contribution in [0, 0.1) is 0 Å². The topological polar surface area (TPSA) is 12.0 Å². The molecule has 1 heteroatoms. The Kier molecular flexibility index (Phi) is 6.18. The molecule has 0 aliphatic heterocycles. The van der Waals surface area contributed by atoms with Crippen LogP contribution in [-0.2, 0) is 11.8 Å². The van der Waals surface area contributed by atoms with E-state index >= 15 is 0 Å². The molecule has 0 aromatic heterocycles. The second-order valence-electron chi connectivity index (χ2n) is 7.20. The standard InChI is InChI=1S/C22H29N/c1-18(20-10-6-5-7-11-20)17-23-16-8-9-19-12-14-21(15-13-19)22(2,3)4/h5-7,10-15,23H,1,8-9,16-17H2,2-4H3. The van der Waals surface area contributed by atoms with Crippen LogP contribution >= 0.6 is 0 Å². The maximum absolute atomic E-state index is 4.15. The zero-order valence-electron chi connectivity index (χ0n) is 14.7. The van der Waals surface area contributed by atoms with Gasteiger partial charge in [0, 0.05) is 6.54 Å². The van der Waals surface area contributed by atoms with Crippen LogP contribution in [0.4, 0.5) is 0 Å². The first-order chi connectivity index (χ1) is 11.0. The zero-order valence-corrected chi connectivity index (χ0v) is 14.7. The molecule has 1 nitrogen and oxygen atoms in total. The Morgan fingerprint density at radius 1 is 0.957 bits per heavy atom. The van der Waals surface area contributed by atoms with Gasteiger partial charge in [0.1, 0.15) is 0 Å².